The van der Waals surface area contributed by atoms with Gasteiger partial charge in [0, 0.05) is 5.56 Å². The lowest BCUT2D eigenvalue weighted by Gasteiger charge is -2.22. The third kappa shape index (κ3) is 3.92. The van der Waals surface area contributed by atoms with Gasteiger partial charge in [-0.3, -0.25) is 0 Å². The fraction of sp³-hybridized carbons (Fsp3) is 0.371. The van der Waals surface area contributed by atoms with Crippen LogP contribution in [0.2, 0.25) is 0 Å². The van der Waals surface area contributed by atoms with Crippen LogP contribution in [0.25, 0.3) is 44.5 Å². The molecule has 3 aromatic carbocycles. The van der Waals surface area contributed by atoms with Gasteiger partial charge in [0.2, 0.25) is 0 Å². The molecule has 2 saturated heterocycles. The zero-order valence-corrected chi connectivity index (χ0v) is 23.3. The number of H-pyrrole nitrogens is 2. The molecule has 0 radical (unpaired) electrons. The minimum absolute atomic E-state index is 0.355. The maximum atomic E-state index is 4.86. The second-order valence-electron chi connectivity index (χ2n) is 12.6. The molecule has 6 heteroatoms. The van der Waals surface area contributed by atoms with Gasteiger partial charge in [0.05, 0.1) is 35.0 Å². The minimum atomic E-state index is 0.355. The highest BCUT2D eigenvalue weighted by Crippen LogP contribution is 2.58. The summed E-state index contributed by atoms with van der Waals surface area (Å²) in [7, 11) is 0. The van der Waals surface area contributed by atoms with Gasteiger partial charge in [-0.1, -0.05) is 42.5 Å². The largest absolute Gasteiger partial charge is 0.341 e. The number of imidazole rings is 2. The van der Waals surface area contributed by atoms with Crippen molar-refractivity contribution in [1.82, 2.24) is 30.6 Å². The van der Waals surface area contributed by atoms with E-state index in [9.17, 15) is 0 Å². The highest BCUT2D eigenvalue weighted by atomic mass is 15.0. The Kier molecular flexibility index (Phi) is 5.48. The van der Waals surface area contributed by atoms with E-state index in [1.807, 2.05) is 0 Å². The molecule has 2 bridgehead atoms. The van der Waals surface area contributed by atoms with Crippen molar-refractivity contribution in [3.8, 4) is 33.5 Å². The van der Waals surface area contributed by atoms with Crippen molar-refractivity contribution in [3.63, 3.8) is 0 Å². The number of aromatic amines is 2. The number of rotatable bonds is 5. The summed E-state index contributed by atoms with van der Waals surface area (Å²) < 4.78 is 0. The number of benzene rings is 3. The molecule has 4 heterocycles. The Balaban J connectivity index is 1.04. The molecule has 4 unspecified atom stereocenters. The normalized spacial score (nSPS) is 25.0. The Labute approximate surface area is 240 Å². The SMILES string of the molecule is c1cc(-c2ccc(-c3cnc(C4CCCN4)[nH]3)c3c2C2CCC3C2)ccc1-c1ccc2nc(C3CCCN3)[nH]c2c1. The fourth-order valence-corrected chi connectivity index (χ4v) is 8.21. The van der Waals surface area contributed by atoms with Crippen molar-refractivity contribution in [2.24, 2.45) is 0 Å². The summed E-state index contributed by atoms with van der Waals surface area (Å²) in [4.78, 5) is 16.9. The molecule has 6 nitrogen and oxygen atoms in total. The Morgan fingerprint density at radius 3 is 2.07 bits per heavy atom. The van der Waals surface area contributed by atoms with Gasteiger partial charge in [0.1, 0.15) is 11.6 Å². The quantitative estimate of drug-likeness (QED) is 0.186. The number of hydrogen-bond acceptors (Lipinski definition) is 4. The molecule has 4 aliphatic rings. The third-order valence-corrected chi connectivity index (χ3v) is 10.2. The van der Waals surface area contributed by atoms with Crippen molar-refractivity contribution < 1.29 is 0 Å². The van der Waals surface area contributed by atoms with E-state index < -0.39 is 0 Å². The Morgan fingerprint density at radius 1 is 0.634 bits per heavy atom. The van der Waals surface area contributed by atoms with E-state index in [0.717, 1.165) is 42.2 Å². The maximum Gasteiger partial charge on any atom is 0.124 e. The smallest absolute Gasteiger partial charge is 0.124 e. The van der Waals surface area contributed by atoms with Gasteiger partial charge in [-0.15, -0.1) is 0 Å². The second-order valence-corrected chi connectivity index (χ2v) is 12.6. The first-order chi connectivity index (χ1) is 20.3. The lowest BCUT2D eigenvalue weighted by molar-refractivity contribution is 0.613. The lowest BCUT2D eigenvalue weighted by atomic mass is 9.82. The molecular weight excluding hydrogens is 504 g/mol. The van der Waals surface area contributed by atoms with Crippen molar-refractivity contribution in [2.45, 2.75) is 68.9 Å². The standard InChI is InChI=1S/C35H36N6/c1-3-28(36-15-1)34-38-19-31(41-34)26-13-12-25(32-23-9-10-24(17-23)33(26)32)21-7-5-20(6-8-21)22-11-14-27-30(18-22)40-35(39-27)29-4-2-16-37-29/h5-8,11-14,18-19,23-24,28-29,36-37H,1-4,9-10,15-17H2,(H,38,41)(H,39,40). The molecule has 4 N–H and O–H groups in total. The molecule has 2 aliphatic heterocycles. The lowest BCUT2D eigenvalue weighted by Crippen LogP contribution is -2.14. The Morgan fingerprint density at radius 2 is 1.32 bits per heavy atom. The van der Waals surface area contributed by atoms with E-state index in [4.69, 9.17) is 9.97 Å². The van der Waals surface area contributed by atoms with Crippen LogP contribution in [-0.2, 0) is 0 Å². The monoisotopic (exact) mass is 540 g/mol. The van der Waals surface area contributed by atoms with Crippen LogP contribution in [0.4, 0.5) is 0 Å². The summed E-state index contributed by atoms with van der Waals surface area (Å²) in [6.07, 6.45) is 10.8. The predicted molar refractivity (Wildman–Crippen MR) is 164 cm³/mol. The molecular formula is C35H36N6. The summed E-state index contributed by atoms with van der Waals surface area (Å²) in [6.45, 7) is 2.17. The average Bonchev–Trinajstić information content (AvgIpc) is 3.86. The highest BCUT2D eigenvalue weighted by Gasteiger charge is 2.40. The number of nitrogens with one attached hydrogen (secondary N) is 4. The van der Waals surface area contributed by atoms with Crippen LogP contribution in [0, 0.1) is 0 Å². The molecule has 3 fully saturated rings. The molecule has 41 heavy (non-hydrogen) atoms. The van der Waals surface area contributed by atoms with Crippen LogP contribution >= 0.6 is 0 Å². The van der Waals surface area contributed by atoms with Crippen molar-refractivity contribution >= 4 is 11.0 Å². The fourth-order valence-electron chi connectivity index (χ4n) is 8.21. The van der Waals surface area contributed by atoms with Gasteiger partial charge in [0.15, 0.2) is 0 Å². The molecule has 206 valence electrons. The molecule has 1 saturated carbocycles. The Bertz CT molecular complexity index is 1750. The van der Waals surface area contributed by atoms with Gasteiger partial charge >= 0.3 is 0 Å². The van der Waals surface area contributed by atoms with Crippen LogP contribution in [0.3, 0.4) is 0 Å². The van der Waals surface area contributed by atoms with E-state index in [1.54, 1.807) is 11.1 Å². The van der Waals surface area contributed by atoms with Crippen molar-refractivity contribution in [1.29, 1.82) is 0 Å². The van der Waals surface area contributed by atoms with Gasteiger partial charge in [0.25, 0.3) is 0 Å². The summed E-state index contributed by atoms with van der Waals surface area (Å²) in [5, 5.41) is 7.14. The van der Waals surface area contributed by atoms with E-state index in [2.05, 4.69) is 81.4 Å². The molecule has 0 amide bonds. The topological polar surface area (TPSA) is 81.4 Å². The van der Waals surface area contributed by atoms with Crippen LogP contribution in [0.15, 0.2) is 60.8 Å². The summed E-state index contributed by atoms with van der Waals surface area (Å²) in [6, 6.07) is 21.3. The van der Waals surface area contributed by atoms with E-state index in [0.29, 0.717) is 23.9 Å². The second kappa shape index (κ2) is 9.40. The van der Waals surface area contributed by atoms with Crippen LogP contribution < -0.4 is 10.6 Å². The van der Waals surface area contributed by atoms with Crippen LogP contribution in [0.5, 0.6) is 0 Å². The molecule has 2 aliphatic carbocycles. The average molecular weight is 541 g/mol. The van der Waals surface area contributed by atoms with E-state index in [1.165, 1.54) is 72.0 Å². The maximum absolute atomic E-state index is 4.86. The van der Waals surface area contributed by atoms with E-state index >= 15 is 0 Å². The summed E-state index contributed by atoms with van der Waals surface area (Å²) in [5.74, 6) is 3.51. The number of hydrogen-bond donors (Lipinski definition) is 4. The zero-order chi connectivity index (χ0) is 26.9. The van der Waals surface area contributed by atoms with Crippen molar-refractivity contribution in [3.05, 3.63) is 83.6 Å². The first-order valence-electron chi connectivity index (χ1n) is 15.6. The highest BCUT2D eigenvalue weighted by molar-refractivity contribution is 5.84. The molecule has 2 aromatic heterocycles. The zero-order valence-electron chi connectivity index (χ0n) is 23.3. The Hall–Kier alpha value is -3.74. The van der Waals surface area contributed by atoms with Gasteiger partial charge in [-0.05, 0) is 115 Å². The first-order valence-corrected chi connectivity index (χ1v) is 15.6. The van der Waals surface area contributed by atoms with Crippen molar-refractivity contribution in [2.75, 3.05) is 13.1 Å². The molecule has 9 rings (SSSR count). The summed E-state index contributed by atoms with van der Waals surface area (Å²) >= 11 is 0. The first kappa shape index (κ1) is 23.9. The van der Waals surface area contributed by atoms with Crippen LogP contribution in [0.1, 0.15) is 91.6 Å². The van der Waals surface area contributed by atoms with Gasteiger partial charge < -0.3 is 20.6 Å². The molecule has 5 aromatic rings. The van der Waals surface area contributed by atoms with E-state index in [-0.39, 0.29) is 0 Å². The van der Waals surface area contributed by atoms with Gasteiger partial charge in [-0.2, -0.15) is 0 Å². The molecule has 0 spiro atoms. The van der Waals surface area contributed by atoms with Gasteiger partial charge in [-0.25, -0.2) is 9.97 Å². The molecule has 4 atom stereocenters. The number of fused-ring (bicyclic) bond motifs is 6. The van der Waals surface area contributed by atoms with Crippen LogP contribution in [-0.4, -0.2) is 33.0 Å². The summed E-state index contributed by atoms with van der Waals surface area (Å²) in [5.41, 5.74) is 13.1. The number of nitrogens with zero attached hydrogens (tertiary/aromatic N) is 2. The minimum Gasteiger partial charge on any atom is -0.341 e. The number of aromatic nitrogens is 4. The third-order valence-electron chi connectivity index (χ3n) is 10.2. The predicted octanol–water partition coefficient (Wildman–Crippen LogP) is 7.50.